The summed E-state index contributed by atoms with van der Waals surface area (Å²) in [7, 11) is 0. The van der Waals surface area contributed by atoms with Crippen LogP contribution in [-0.4, -0.2) is 19.9 Å². The Balaban J connectivity index is 2.54. The van der Waals surface area contributed by atoms with Gasteiger partial charge in [0, 0.05) is 18.3 Å². The Morgan fingerprint density at radius 3 is 2.44 bits per heavy atom. The molecular weight excluding hydrogens is 228 g/mol. The Morgan fingerprint density at radius 2 is 1.83 bits per heavy atom. The summed E-state index contributed by atoms with van der Waals surface area (Å²) in [6.07, 6.45) is 5.70. The molecule has 2 rings (SSSR count). The molecule has 1 unspecified atom stereocenters. The third-order valence-corrected chi connectivity index (χ3v) is 2.90. The fraction of sp³-hybridized carbons (Fsp3) is 0.333. The maximum Gasteiger partial charge on any atom is 0.165 e. The first-order chi connectivity index (χ1) is 8.63. The Hall–Kier alpha value is -2.24. The predicted octanol–water partition coefficient (Wildman–Crippen LogP) is 1.61. The van der Waals surface area contributed by atoms with Crippen LogP contribution in [0.4, 0.5) is 11.5 Å². The van der Waals surface area contributed by atoms with Crippen LogP contribution in [0.3, 0.4) is 0 Å². The molecule has 0 bridgehead atoms. The summed E-state index contributed by atoms with van der Waals surface area (Å²) in [5, 5.41) is 0. The van der Waals surface area contributed by atoms with Crippen LogP contribution in [0.5, 0.6) is 0 Å². The van der Waals surface area contributed by atoms with Crippen LogP contribution in [0.15, 0.2) is 18.7 Å². The van der Waals surface area contributed by atoms with E-state index in [9.17, 15) is 0 Å². The van der Waals surface area contributed by atoms with Crippen molar-refractivity contribution in [3.8, 4) is 11.4 Å². The zero-order chi connectivity index (χ0) is 13.1. The van der Waals surface area contributed by atoms with Crippen molar-refractivity contribution in [3.63, 3.8) is 0 Å². The van der Waals surface area contributed by atoms with Crippen LogP contribution in [0.2, 0.25) is 0 Å². The van der Waals surface area contributed by atoms with E-state index >= 15 is 0 Å². The molecule has 0 saturated carbocycles. The van der Waals surface area contributed by atoms with E-state index in [0.717, 1.165) is 17.7 Å². The van der Waals surface area contributed by atoms with E-state index in [0.29, 0.717) is 17.3 Å². The van der Waals surface area contributed by atoms with Gasteiger partial charge in [-0.1, -0.05) is 13.8 Å². The maximum atomic E-state index is 5.92. The first-order valence-corrected chi connectivity index (χ1v) is 5.81. The number of aromatic nitrogens is 4. The van der Waals surface area contributed by atoms with E-state index in [-0.39, 0.29) is 5.92 Å². The van der Waals surface area contributed by atoms with Gasteiger partial charge in [0.25, 0.3) is 0 Å². The lowest BCUT2D eigenvalue weighted by molar-refractivity contribution is 0.709. The van der Waals surface area contributed by atoms with Gasteiger partial charge < -0.3 is 11.5 Å². The highest BCUT2D eigenvalue weighted by Crippen LogP contribution is 2.28. The minimum Gasteiger partial charge on any atom is -0.394 e. The standard InChI is InChI=1S/C12H16N6/c1-3-7(2)10-9(13)11(14)18-12(17-10)8-4-15-6-16-5-8/h4-7H,3,13H2,1-2H3,(H2,14,17,18). The van der Waals surface area contributed by atoms with Gasteiger partial charge in [0.2, 0.25) is 0 Å². The van der Waals surface area contributed by atoms with Crippen LogP contribution in [0.25, 0.3) is 11.4 Å². The number of hydrogen-bond donors (Lipinski definition) is 2. The minimum atomic E-state index is 0.235. The molecule has 2 aromatic heterocycles. The van der Waals surface area contributed by atoms with Crippen molar-refractivity contribution in [1.82, 2.24) is 19.9 Å². The van der Waals surface area contributed by atoms with Crippen LogP contribution in [-0.2, 0) is 0 Å². The molecule has 1 atom stereocenters. The molecule has 94 valence electrons. The molecule has 0 spiro atoms. The van der Waals surface area contributed by atoms with Gasteiger partial charge in [-0.3, -0.25) is 0 Å². The molecule has 0 aliphatic carbocycles. The molecule has 4 N–H and O–H groups in total. The Labute approximate surface area is 106 Å². The number of nitrogens with zero attached hydrogens (tertiary/aromatic N) is 4. The van der Waals surface area contributed by atoms with Crippen molar-refractivity contribution < 1.29 is 0 Å². The van der Waals surface area contributed by atoms with Crippen molar-refractivity contribution in [2.45, 2.75) is 26.2 Å². The molecular formula is C12H16N6. The average molecular weight is 244 g/mol. The number of nitrogen functional groups attached to an aromatic ring is 2. The van der Waals surface area contributed by atoms with E-state index in [1.165, 1.54) is 6.33 Å². The van der Waals surface area contributed by atoms with Gasteiger partial charge in [-0.2, -0.15) is 0 Å². The van der Waals surface area contributed by atoms with Gasteiger partial charge in [0.1, 0.15) is 6.33 Å². The zero-order valence-corrected chi connectivity index (χ0v) is 10.5. The molecule has 6 nitrogen and oxygen atoms in total. The lowest BCUT2D eigenvalue weighted by Gasteiger charge is -2.13. The fourth-order valence-electron chi connectivity index (χ4n) is 1.62. The number of anilines is 2. The van der Waals surface area contributed by atoms with Gasteiger partial charge in [-0.15, -0.1) is 0 Å². The lowest BCUT2D eigenvalue weighted by Crippen LogP contribution is -2.09. The van der Waals surface area contributed by atoms with Crippen LogP contribution >= 0.6 is 0 Å². The molecule has 0 aliphatic rings. The van der Waals surface area contributed by atoms with Crippen molar-refractivity contribution in [1.29, 1.82) is 0 Å². The topological polar surface area (TPSA) is 104 Å². The molecule has 0 fully saturated rings. The van der Waals surface area contributed by atoms with E-state index in [1.807, 2.05) is 0 Å². The summed E-state index contributed by atoms with van der Waals surface area (Å²) >= 11 is 0. The maximum absolute atomic E-state index is 5.92. The monoisotopic (exact) mass is 244 g/mol. The quantitative estimate of drug-likeness (QED) is 0.850. The summed E-state index contributed by atoms with van der Waals surface area (Å²) < 4.78 is 0. The van der Waals surface area contributed by atoms with Gasteiger partial charge in [-0.25, -0.2) is 19.9 Å². The number of hydrogen-bond acceptors (Lipinski definition) is 6. The summed E-state index contributed by atoms with van der Waals surface area (Å²) in [6.45, 7) is 4.14. The molecule has 0 radical (unpaired) electrons. The third-order valence-electron chi connectivity index (χ3n) is 2.90. The summed E-state index contributed by atoms with van der Waals surface area (Å²) in [5.74, 6) is 1.05. The molecule has 0 aromatic carbocycles. The van der Waals surface area contributed by atoms with Crippen molar-refractivity contribution in [2.24, 2.45) is 0 Å². The second-order valence-electron chi connectivity index (χ2n) is 4.17. The number of nitrogens with two attached hydrogens (primary N) is 2. The van der Waals surface area contributed by atoms with Gasteiger partial charge in [-0.05, 0) is 6.42 Å². The average Bonchev–Trinajstić information content (AvgIpc) is 2.41. The number of rotatable bonds is 3. The Morgan fingerprint density at radius 1 is 1.17 bits per heavy atom. The second-order valence-corrected chi connectivity index (χ2v) is 4.17. The van der Waals surface area contributed by atoms with E-state index in [4.69, 9.17) is 11.5 Å². The minimum absolute atomic E-state index is 0.235. The highest BCUT2D eigenvalue weighted by molar-refractivity contribution is 5.66. The van der Waals surface area contributed by atoms with Crippen molar-refractivity contribution >= 4 is 11.5 Å². The largest absolute Gasteiger partial charge is 0.394 e. The first-order valence-electron chi connectivity index (χ1n) is 5.81. The molecule has 2 aromatic rings. The second kappa shape index (κ2) is 4.95. The molecule has 0 aliphatic heterocycles. The predicted molar refractivity (Wildman–Crippen MR) is 70.6 cm³/mol. The third kappa shape index (κ3) is 2.22. The molecule has 6 heteroatoms. The highest BCUT2D eigenvalue weighted by Gasteiger charge is 2.15. The highest BCUT2D eigenvalue weighted by atomic mass is 15.0. The summed E-state index contributed by atoms with van der Waals surface area (Å²) in [6, 6.07) is 0. The van der Waals surface area contributed by atoms with Gasteiger partial charge >= 0.3 is 0 Å². The zero-order valence-electron chi connectivity index (χ0n) is 10.5. The summed E-state index contributed by atoms with van der Waals surface area (Å²) in [5.41, 5.74) is 13.7. The van der Waals surface area contributed by atoms with Crippen LogP contribution < -0.4 is 11.5 Å². The van der Waals surface area contributed by atoms with Gasteiger partial charge in [0.05, 0.1) is 16.9 Å². The fourth-order valence-corrected chi connectivity index (χ4v) is 1.62. The Kier molecular flexibility index (Phi) is 3.36. The van der Waals surface area contributed by atoms with Crippen molar-refractivity contribution in [2.75, 3.05) is 11.5 Å². The molecule has 18 heavy (non-hydrogen) atoms. The Bertz CT molecular complexity index is 540. The SMILES string of the molecule is CCC(C)c1nc(-c2cncnc2)nc(N)c1N. The normalized spacial score (nSPS) is 12.3. The molecule has 0 saturated heterocycles. The smallest absolute Gasteiger partial charge is 0.165 e. The van der Waals surface area contributed by atoms with Crippen LogP contribution in [0.1, 0.15) is 31.9 Å². The lowest BCUT2D eigenvalue weighted by atomic mass is 10.0. The van der Waals surface area contributed by atoms with E-state index in [2.05, 4.69) is 33.8 Å². The van der Waals surface area contributed by atoms with Crippen LogP contribution in [0, 0.1) is 0 Å². The first kappa shape index (κ1) is 12.2. The molecule has 2 heterocycles. The summed E-state index contributed by atoms with van der Waals surface area (Å²) in [4.78, 5) is 16.5. The molecule has 0 amide bonds. The van der Waals surface area contributed by atoms with E-state index < -0.39 is 0 Å². The van der Waals surface area contributed by atoms with E-state index in [1.54, 1.807) is 12.4 Å². The van der Waals surface area contributed by atoms with Crippen molar-refractivity contribution in [3.05, 3.63) is 24.4 Å². The van der Waals surface area contributed by atoms with Gasteiger partial charge in [0.15, 0.2) is 11.6 Å².